The number of hydrogen-bond acceptors (Lipinski definition) is 3. The van der Waals surface area contributed by atoms with Crippen LogP contribution in [0.15, 0.2) is 0 Å². The molecule has 1 fully saturated rings. The van der Waals surface area contributed by atoms with E-state index in [4.69, 9.17) is 5.26 Å². The van der Waals surface area contributed by atoms with Gasteiger partial charge in [-0.05, 0) is 12.3 Å². The maximum absolute atomic E-state index is 11.5. The van der Waals surface area contributed by atoms with Gasteiger partial charge in [0.1, 0.15) is 5.78 Å². The summed E-state index contributed by atoms with van der Waals surface area (Å²) >= 11 is 0. The maximum Gasteiger partial charge on any atom is 0.141 e. The molecule has 0 aromatic carbocycles. The molecule has 1 aliphatic carbocycles. The van der Waals surface area contributed by atoms with E-state index >= 15 is 0 Å². The summed E-state index contributed by atoms with van der Waals surface area (Å²) in [4.78, 5) is 15.7. The zero-order chi connectivity index (χ0) is 9.35. The van der Waals surface area contributed by atoms with Crippen LogP contribution in [0.4, 0.5) is 0 Å². The second-order valence-electron chi connectivity index (χ2n) is 4.21. The van der Waals surface area contributed by atoms with Gasteiger partial charge in [-0.2, -0.15) is 0 Å². The number of ketones is 1. The Labute approximate surface area is 72.7 Å². The second kappa shape index (κ2) is 3.15. The van der Waals surface area contributed by atoms with Crippen LogP contribution in [0, 0.1) is 11.3 Å². The Hall–Kier alpha value is -0.410. The number of Topliss-reactive ketones (excluding diaryl/α,β-unsaturated/α-hetero) is 1. The highest BCUT2D eigenvalue weighted by molar-refractivity contribution is 5.85. The first-order valence-electron chi connectivity index (χ1n) is 4.32. The summed E-state index contributed by atoms with van der Waals surface area (Å²) in [6.45, 7) is 5.92. The first kappa shape index (κ1) is 9.68. The Morgan fingerprint density at radius 2 is 2.17 bits per heavy atom. The van der Waals surface area contributed by atoms with Crippen molar-refractivity contribution in [2.24, 2.45) is 11.3 Å². The van der Waals surface area contributed by atoms with E-state index in [1.807, 2.05) is 20.8 Å². The summed E-state index contributed by atoms with van der Waals surface area (Å²) in [5.41, 5.74) is -0.255. The molecule has 0 radical (unpaired) electrons. The molecule has 3 heteroatoms. The molecule has 0 heterocycles. The van der Waals surface area contributed by atoms with Crippen LogP contribution < -0.4 is 0 Å². The zero-order valence-electron chi connectivity index (χ0n) is 7.83. The maximum atomic E-state index is 11.5. The minimum Gasteiger partial charge on any atom is -0.299 e. The van der Waals surface area contributed by atoms with Crippen molar-refractivity contribution in [2.75, 3.05) is 0 Å². The third kappa shape index (κ3) is 1.52. The van der Waals surface area contributed by atoms with E-state index < -0.39 is 0 Å². The topological polar surface area (TPSA) is 46.5 Å². The van der Waals surface area contributed by atoms with Crippen LogP contribution >= 0.6 is 0 Å². The quantitative estimate of drug-likeness (QED) is 0.485. The third-order valence-electron chi connectivity index (χ3n) is 3.13. The molecule has 2 atom stereocenters. The molecule has 1 rings (SSSR count). The van der Waals surface area contributed by atoms with E-state index in [0.29, 0.717) is 6.42 Å². The molecule has 2 unspecified atom stereocenters. The van der Waals surface area contributed by atoms with Gasteiger partial charge in [0.05, 0.1) is 6.10 Å². The van der Waals surface area contributed by atoms with Crippen molar-refractivity contribution in [2.45, 2.75) is 39.7 Å². The lowest BCUT2D eigenvalue weighted by Crippen LogP contribution is -2.41. The van der Waals surface area contributed by atoms with Crippen molar-refractivity contribution in [3.63, 3.8) is 0 Å². The highest BCUT2D eigenvalue weighted by Crippen LogP contribution is 2.38. The molecule has 0 spiro atoms. The van der Waals surface area contributed by atoms with Crippen LogP contribution in [0.3, 0.4) is 0 Å². The summed E-state index contributed by atoms with van der Waals surface area (Å²) in [6.07, 6.45) is 0.809. The van der Waals surface area contributed by atoms with E-state index in [9.17, 15) is 4.79 Å². The first-order chi connectivity index (χ1) is 5.48. The predicted molar refractivity (Wildman–Crippen MR) is 44.7 cm³/mol. The fraction of sp³-hybridized carbons (Fsp3) is 0.889. The van der Waals surface area contributed by atoms with Crippen LogP contribution in [0.25, 0.3) is 0 Å². The predicted octanol–water partition coefficient (Wildman–Crippen LogP) is 1.87. The molecule has 3 nitrogen and oxygen atoms in total. The van der Waals surface area contributed by atoms with Gasteiger partial charge >= 0.3 is 0 Å². The Morgan fingerprint density at radius 1 is 1.58 bits per heavy atom. The van der Waals surface area contributed by atoms with Gasteiger partial charge in [0.2, 0.25) is 0 Å². The normalized spacial score (nSPS) is 35.2. The molecule has 0 saturated heterocycles. The number of hydrogen-bond donors (Lipinski definition) is 1. The van der Waals surface area contributed by atoms with Crippen LogP contribution in [0.1, 0.15) is 33.6 Å². The zero-order valence-corrected chi connectivity index (χ0v) is 7.83. The number of carbonyl (C=O) groups is 1. The molecular formula is C9H16O3. The standard InChI is InChI=1S/C9H16O3/c1-6-4-7(12-11)5-8(10)9(6,2)3/h6-7,11H,4-5H2,1-3H3. The summed E-state index contributed by atoms with van der Waals surface area (Å²) in [7, 11) is 0. The molecule has 0 amide bonds. The summed E-state index contributed by atoms with van der Waals surface area (Å²) in [5.74, 6) is 0.455. The van der Waals surface area contributed by atoms with Gasteiger partial charge in [0.25, 0.3) is 0 Å². The highest BCUT2D eigenvalue weighted by atomic mass is 17.1. The van der Waals surface area contributed by atoms with E-state index in [0.717, 1.165) is 6.42 Å². The van der Waals surface area contributed by atoms with Crippen LogP contribution in [0.2, 0.25) is 0 Å². The molecule has 1 N–H and O–H groups in total. The van der Waals surface area contributed by atoms with E-state index in [-0.39, 0.29) is 23.2 Å². The van der Waals surface area contributed by atoms with Crippen molar-refractivity contribution in [1.82, 2.24) is 0 Å². The number of rotatable bonds is 1. The molecule has 12 heavy (non-hydrogen) atoms. The van der Waals surface area contributed by atoms with Gasteiger partial charge in [-0.15, -0.1) is 0 Å². The number of carbonyl (C=O) groups excluding carboxylic acids is 1. The average Bonchev–Trinajstić information content (AvgIpc) is 2.00. The SMILES string of the molecule is CC1CC(OO)CC(=O)C1(C)C. The molecule has 0 aromatic rings. The van der Waals surface area contributed by atoms with Crippen molar-refractivity contribution in [1.29, 1.82) is 0 Å². The lowest BCUT2D eigenvalue weighted by molar-refractivity contribution is -0.286. The average molecular weight is 172 g/mol. The first-order valence-corrected chi connectivity index (χ1v) is 4.32. The monoisotopic (exact) mass is 172 g/mol. The van der Waals surface area contributed by atoms with Gasteiger partial charge in [0.15, 0.2) is 0 Å². The van der Waals surface area contributed by atoms with Crippen molar-refractivity contribution >= 4 is 5.78 Å². The van der Waals surface area contributed by atoms with Gasteiger partial charge in [0, 0.05) is 11.8 Å². The Kier molecular flexibility index (Phi) is 2.54. The van der Waals surface area contributed by atoms with E-state index in [1.165, 1.54) is 0 Å². The minimum absolute atomic E-state index is 0.181. The molecule has 1 aliphatic rings. The summed E-state index contributed by atoms with van der Waals surface area (Å²) in [6, 6.07) is 0. The van der Waals surface area contributed by atoms with Crippen molar-refractivity contribution < 1.29 is 14.9 Å². The largest absolute Gasteiger partial charge is 0.299 e. The second-order valence-corrected chi connectivity index (χ2v) is 4.21. The van der Waals surface area contributed by atoms with Gasteiger partial charge in [-0.3, -0.25) is 10.1 Å². The van der Waals surface area contributed by atoms with E-state index in [2.05, 4.69) is 4.89 Å². The van der Waals surface area contributed by atoms with Crippen LogP contribution in [0.5, 0.6) is 0 Å². The molecule has 0 aliphatic heterocycles. The summed E-state index contributed by atoms with van der Waals surface area (Å²) in [5, 5.41) is 8.44. The summed E-state index contributed by atoms with van der Waals surface area (Å²) < 4.78 is 0. The Bertz CT molecular complexity index is 186. The fourth-order valence-corrected chi connectivity index (χ4v) is 1.60. The fourth-order valence-electron chi connectivity index (χ4n) is 1.60. The third-order valence-corrected chi connectivity index (χ3v) is 3.13. The van der Waals surface area contributed by atoms with Gasteiger partial charge in [-0.1, -0.05) is 20.8 Å². The highest BCUT2D eigenvalue weighted by Gasteiger charge is 2.40. The molecular weight excluding hydrogens is 156 g/mol. The van der Waals surface area contributed by atoms with Gasteiger partial charge < -0.3 is 0 Å². The lowest BCUT2D eigenvalue weighted by atomic mass is 9.68. The molecule has 0 aromatic heterocycles. The van der Waals surface area contributed by atoms with Gasteiger partial charge in [-0.25, -0.2) is 4.89 Å². The van der Waals surface area contributed by atoms with Crippen LogP contribution in [-0.4, -0.2) is 17.1 Å². The van der Waals surface area contributed by atoms with E-state index in [1.54, 1.807) is 0 Å². The van der Waals surface area contributed by atoms with Crippen molar-refractivity contribution in [3.8, 4) is 0 Å². The van der Waals surface area contributed by atoms with Crippen LogP contribution in [-0.2, 0) is 9.68 Å². The lowest BCUT2D eigenvalue weighted by Gasteiger charge is -2.37. The molecule has 70 valence electrons. The van der Waals surface area contributed by atoms with Crippen molar-refractivity contribution in [3.05, 3.63) is 0 Å². The molecule has 1 saturated carbocycles. The Balaban J connectivity index is 2.71. The minimum atomic E-state index is -0.291. The smallest absolute Gasteiger partial charge is 0.141 e. The molecule has 0 bridgehead atoms. The Morgan fingerprint density at radius 3 is 2.58 bits per heavy atom.